The number of benzene rings is 2. The van der Waals surface area contributed by atoms with Gasteiger partial charge < -0.3 is 9.80 Å². The van der Waals surface area contributed by atoms with E-state index < -0.39 is 36.6 Å². The third kappa shape index (κ3) is 6.74. The van der Waals surface area contributed by atoms with Crippen LogP contribution in [0.1, 0.15) is 30.1 Å². The Hall–Kier alpha value is -2.04. The van der Waals surface area contributed by atoms with Crippen LogP contribution in [-0.4, -0.2) is 67.0 Å². The number of piperazine rings is 1. The summed E-state index contributed by atoms with van der Waals surface area (Å²) in [5, 5.41) is -1.32. The minimum atomic E-state index is -4.05. The van der Waals surface area contributed by atoms with Crippen molar-refractivity contribution < 1.29 is 25.6 Å². The van der Waals surface area contributed by atoms with Crippen LogP contribution in [0.3, 0.4) is 0 Å². The van der Waals surface area contributed by atoms with Gasteiger partial charge in [0.1, 0.15) is 21.5 Å². The average Bonchev–Trinajstić information content (AvgIpc) is 2.75. The number of sulfone groups is 2. The molecule has 0 radical (unpaired) electrons. The van der Waals surface area contributed by atoms with Gasteiger partial charge >= 0.3 is 0 Å². The van der Waals surface area contributed by atoms with E-state index in [1.54, 1.807) is 12.1 Å². The summed E-state index contributed by atoms with van der Waals surface area (Å²) >= 11 is 0. The Kier molecular flexibility index (Phi) is 8.13. The molecule has 0 aromatic heterocycles. The highest BCUT2D eigenvalue weighted by Gasteiger charge is 2.31. The van der Waals surface area contributed by atoms with Gasteiger partial charge in [0.05, 0.1) is 10.1 Å². The molecular formula is C23H30F2N2O4S2. The second-order valence-corrected chi connectivity index (χ2v) is 13.0. The fourth-order valence-corrected chi connectivity index (χ4v) is 6.57. The zero-order chi connectivity index (χ0) is 24.2. The quantitative estimate of drug-likeness (QED) is 0.491. The fourth-order valence-electron chi connectivity index (χ4n) is 4.01. The number of hydrogen-bond donors (Lipinski definition) is 0. The lowest BCUT2D eigenvalue weighted by Crippen LogP contribution is -2.44. The molecule has 1 aliphatic rings. The van der Waals surface area contributed by atoms with Gasteiger partial charge in [-0.25, -0.2) is 25.6 Å². The number of unbranched alkanes of at least 4 members (excludes halogenated alkanes) is 1. The van der Waals surface area contributed by atoms with Gasteiger partial charge in [0, 0.05) is 49.4 Å². The highest BCUT2D eigenvalue weighted by atomic mass is 32.2. The molecule has 1 unspecified atom stereocenters. The second kappa shape index (κ2) is 10.5. The van der Waals surface area contributed by atoms with Gasteiger partial charge in [-0.05, 0) is 62.4 Å². The molecule has 33 heavy (non-hydrogen) atoms. The van der Waals surface area contributed by atoms with Gasteiger partial charge in [0.25, 0.3) is 0 Å². The van der Waals surface area contributed by atoms with E-state index >= 15 is 0 Å². The van der Waals surface area contributed by atoms with Crippen molar-refractivity contribution in [3.05, 3.63) is 59.7 Å². The molecule has 0 bridgehead atoms. The van der Waals surface area contributed by atoms with Crippen molar-refractivity contribution in [1.29, 1.82) is 0 Å². The van der Waals surface area contributed by atoms with Crippen molar-refractivity contribution in [3.63, 3.8) is 0 Å². The first-order valence-electron chi connectivity index (χ1n) is 10.9. The lowest BCUT2D eigenvalue weighted by Gasteiger charge is -2.34. The van der Waals surface area contributed by atoms with Gasteiger partial charge in [-0.15, -0.1) is 0 Å². The van der Waals surface area contributed by atoms with Crippen molar-refractivity contribution in [2.75, 3.05) is 50.1 Å². The molecule has 2 aromatic rings. The highest BCUT2D eigenvalue weighted by Crippen LogP contribution is 2.36. The lowest BCUT2D eigenvalue weighted by atomic mass is 10.1. The number of nitrogens with zero attached hydrogens (tertiary/aromatic N) is 2. The normalized spacial score (nSPS) is 16.7. The topological polar surface area (TPSA) is 74.8 Å². The Bertz CT molecular complexity index is 1160. The van der Waals surface area contributed by atoms with Crippen LogP contribution in [0.15, 0.2) is 47.4 Å². The summed E-state index contributed by atoms with van der Waals surface area (Å²) in [4.78, 5) is 4.42. The third-order valence-electron chi connectivity index (χ3n) is 5.94. The first-order valence-corrected chi connectivity index (χ1v) is 14.5. The number of likely N-dealkylation sites (N-methyl/N-ethyl adjacent to an activating group) is 1. The monoisotopic (exact) mass is 500 g/mol. The summed E-state index contributed by atoms with van der Waals surface area (Å²) in [6, 6.07) is 9.25. The third-order valence-corrected chi connectivity index (χ3v) is 9.14. The Morgan fingerprint density at radius 1 is 0.909 bits per heavy atom. The summed E-state index contributed by atoms with van der Waals surface area (Å²) in [7, 11) is -5.20. The van der Waals surface area contributed by atoms with Crippen LogP contribution in [0.4, 0.5) is 14.5 Å². The van der Waals surface area contributed by atoms with Gasteiger partial charge in [-0.3, -0.25) is 0 Å². The van der Waals surface area contributed by atoms with Crippen molar-refractivity contribution in [2.45, 2.75) is 29.4 Å². The summed E-state index contributed by atoms with van der Waals surface area (Å²) in [6.07, 6.45) is 1.57. The lowest BCUT2D eigenvalue weighted by molar-refractivity contribution is 0.313. The summed E-state index contributed by atoms with van der Waals surface area (Å²) in [6.45, 7) is 3.49. The van der Waals surface area contributed by atoms with Crippen LogP contribution in [0.2, 0.25) is 0 Å². The Morgan fingerprint density at radius 2 is 1.55 bits per heavy atom. The van der Waals surface area contributed by atoms with E-state index in [9.17, 15) is 25.6 Å². The van der Waals surface area contributed by atoms with Crippen LogP contribution in [-0.2, 0) is 19.7 Å². The maximum absolute atomic E-state index is 14.6. The first-order chi connectivity index (χ1) is 15.5. The summed E-state index contributed by atoms with van der Waals surface area (Å²) in [5.74, 6) is -1.62. The maximum atomic E-state index is 14.6. The largest absolute Gasteiger partial charge is 0.369 e. The number of hydrogen-bond acceptors (Lipinski definition) is 6. The zero-order valence-electron chi connectivity index (χ0n) is 18.9. The van der Waals surface area contributed by atoms with E-state index in [0.29, 0.717) is 0 Å². The van der Waals surface area contributed by atoms with Crippen molar-refractivity contribution in [1.82, 2.24) is 4.90 Å². The summed E-state index contributed by atoms with van der Waals surface area (Å²) < 4.78 is 78.2. The number of anilines is 1. The Balaban J connectivity index is 1.87. The van der Waals surface area contributed by atoms with E-state index in [-0.39, 0.29) is 35.5 Å². The molecule has 2 aromatic carbocycles. The van der Waals surface area contributed by atoms with Crippen LogP contribution in [0.5, 0.6) is 0 Å². The molecule has 0 spiro atoms. The smallest absolute Gasteiger partial charge is 0.185 e. The molecule has 1 fully saturated rings. The van der Waals surface area contributed by atoms with E-state index in [1.165, 1.54) is 12.1 Å². The minimum Gasteiger partial charge on any atom is -0.369 e. The van der Waals surface area contributed by atoms with Gasteiger partial charge in [-0.2, -0.15) is 0 Å². The molecule has 0 N–H and O–H groups in total. The zero-order valence-corrected chi connectivity index (χ0v) is 20.5. The minimum absolute atomic E-state index is 0.0154. The molecule has 1 heterocycles. The molecular weight excluding hydrogens is 470 g/mol. The molecule has 10 heteroatoms. The predicted molar refractivity (Wildman–Crippen MR) is 126 cm³/mol. The van der Waals surface area contributed by atoms with Crippen molar-refractivity contribution in [2.24, 2.45) is 0 Å². The molecule has 182 valence electrons. The highest BCUT2D eigenvalue weighted by molar-refractivity contribution is 7.91. The molecule has 0 aliphatic carbocycles. The predicted octanol–water partition coefficient (Wildman–Crippen LogP) is 3.45. The summed E-state index contributed by atoms with van der Waals surface area (Å²) in [5.41, 5.74) is 0.668. The average molecular weight is 501 g/mol. The van der Waals surface area contributed by atoms with E-state index in [4.69, 9.17) is 0 Å². The van der Waals surface area contributed by atoms with Crippen LogP contribution < -0.4 is 4.90 Å². The molecule has 1 atom stereocenters. The standard InChI is InChI=1S/C23H30F2N2O4S2/c1-26-12-14-27(15-13-26)19-7-9-20(10-8-19)33(30,31)23(5-3-4-16-32(2,28)29)21-17-18(24)6-11-22(21)25/h6-11,17,23H,3-5,12-16H2,1-2H3. The van der Waals surface area contributed by atoms with Crippen LogP contribution >= 0.6 is 0 Å². The van der Waals surface area contributed by atoms with E-state index in [1.807, 2.05) is 0 Å². The number of rotatable bonds is 9. The van der Waals surface area contributed by atoms with Crippen LogP contribution in [0, 0.1) is 11.6 Å². The molecule has 6 nitrogen and oxygen atoms in total. The molecule has 0 saturated carbocycles. The molecule has 0 amide bonds. The first kappa shape index (κ1) is 25.6. The van der Waals surface area contributed by atoms with Crippen molar-refractivity contribution >= 4 is 25.4 Å². The van der Waals surface area contributed by atoms with Gasteiger partial charge in [0.2, 0.25) is 0 Å². The fraction of sp³-hybridized carbons (Fsp3) is 0.478. The van der Waals surface area contributed by atoms with Gasteiger partial charge in [-0.1, -0.05) is 6.42 Å². The van der Waals surface area contributed by atoms with E-state index in [0.717, 1.165) is 56.3 Å². The Labute approximate surface area is 195 Å². The van der Waals surface area contributed by atoms with Gasteiger partial charge in [0.15, 0.2) is 9.84 Å². The Morgan fingerprint density at radius 3 is 2.15 bits per heavy atom. The van der Waals surface area contributed by atoms with Crippen molar-refractivity contribution in [3.8, 4) is 0 Å². The SMILES string of the molecule is CN1CCN(c2ccc(S(=O)(=O)C(CCCCS(C)(=O)=O)c3cc(F)ccc3F)cc2)CC1. The van der Waals surface area contributed by atoms with E-state index in [2.05, 4.69) is 16.8 Å². The second-order valence-electron chi connectivity index (χ2n) is 8.61. The molecule has 3 rings (SSSR count). The molecule has 1 aliphatic heterocycles. The molecule has 1 saturated heterocycles. The maximum Gasteiger partial charge on any atom is 0.185 e. The van der Waals surface area contributed by atoms with Crippen LogP contribution in [0.25, 0.3) is 0 Å². The number of halogens is 2.